The van der Waals surface area contributed by atoms with Crippen LogP contribution in [0.25, 0.3) is 22.3 Å². The van der Waals surface area contributed by atoms with Gasteiger partial charge in [-0.15, -0.1) is 0 Å². The first-order chi connectivity index (χ1) is 14.0. The van der Waals surface area contributed by atoms with E-state index in [2.05, 4.69) is 24.9 Å². The second-order valence-electron chi connectivity index (χ2n) is 7.26. The minimum atomic E-state index is 0.221. The molecule has 3 aromatic rings. The number of aryl methyl sites for hydroxylation is 1. The fourth-order valence-electron chi connectivity index (χ4n) is 3.29. The smallest absolute Gasteiger partial charge is 0.161 e. The van der Waals surface area contributed by atoms with Crippen LogP contribution in [0, 0.1) is 24.2 Å². The fourth-order valence-corrected chi connectivity index (χ4v) is 3.29. The summed E-state index contributed by atoms with van der Waals surface area (Å²) in [6.45, 7) is 6.68. The molecule has 0 aliphatic heterocycles. The fraction of sp³-hybridized carbons (Fsp3) is 0.250. The lowest BCUT2D eigenvalue weighted by Gasteiger charge is -2.18. The van der Waals surface area contributed by atoms with Crippen molar-refractivity contribution in [1.29, 1.82) is 5.26 Å². The van der Waals surface area contributed by atoms with Crippen molar-refractivity contribution in [2.45, 2.75) is 20.8 Å². The molecule has 0 saturated carbocycles. The number of methoxy groups -OCH3 is 1. The highest BCUT2D eigenvalue weighted by Gasteiger charge is 2.20. The Morgan fingerprint density at radius 1 is 1.03 bits per heavy atom. The van der Waals surface area contributed by atoms with Gasteiger partial charge in [0.2, 0.25) is 0 Å². The Labute approximate surface area is 171 Å². The average molecular weight is 387 g/mol. The van der Waals surface area contributed by atoms with Gasteiger partial charge in [-0.05, 0) is 36.1 Å². The predicted molar refractivity (Wildman–Crippen MR) is 116 cm³/mol. The number of nitrogen functional groups attached to an aromatic ring is 1. The van der Waals surface area contributed by atoms with Crippen LogP contribution in [0.1, 0.15) is 25.1 Å². The maximum atomic E-state index is 9.82. The summed E-state index contributed by atoms with van der Waals surface area (Å²) < 4.78 is 11.4. The summed E-state index contributed by atoms with van der Waals surface area (Å²) in [7, 11) is 1.61. The molecule has 0 unspecified atom stereocenters. The molecule has 0 amide bonds. The van der Waals surface area contributed by atoms with Crippen LogP contribution >= 0.6 is 0 Å². The largest absolute Gasteiger partial charge is 0.493 e. The van der Waals surface area contributed by atoms with Crippen molar-refractivity contribution in [1.82, 2.24) is 4.98 Å². The van der Waals surface area contributed by atoms with Gasteiger partial charge >= 0.3 is 0 Å². The Morgan fingerprint density at radius 3 is 2.38 bits per heavy atom. The van der Waals surface area contributed by atoms with Crippen LogP contribution in [-0.4, -0.2) is 18.7 Å². The van der Waals surface area contributed by atoms with Crippen LogP contribution < -0.4 is 15.2 Å². The van der Waals surface area contributed by atoms with Crippen molar-refractivity contribution >= 4 is 5.82 Å². The van der Waals surface area contributed by atoms with Gasteiger partial charge in [-0.3, -0.25) is 0 Å². The molecule has 3 rings (SSSR count). The minimum absolute atomic E-state index is 0.221. The van der Waals surface area contributed by atoms with E-state index < -0.39 is 0 Å². The number of ether oxygens (including phenoxy) is 2. The van der Waals surface area contributed by atoms with Crippen molar-refractivity contribution in [2.75, 3.05) is 19.5 Å². The number of nitrogens with zero attached hydrogens (tertiary/aromatic N) is 2. The molecule has 148 valence electrons. The Morgan fingerprint density at radius 2 is 1.76 bits per heavy atom. The predicted octanol–water partition coefficient (Wildman–Crippen LogP) is 5.22. The van der Waals surface area contributed by atoms with Crippen LogP contribution in [0.3, 0.4) is 0 Å². The van der Waals surface area contributed by atoms with Gasteiger partial charge in [0.15, 0.2) is 11.5 Å². The molecule has 29 heavy (non-hydrogen) atoms. The molecule has 2 aromatic carbocycles. The molecule has 5 nitrogen and oxygen atoms in total. The van der Waals surface area contributed by atoms with E-state index in [1.807, 2.05) is 55.5 Å². The molecule has 0 spiro atoms. The highest BCUT2D eigenvalue weighted by Crippen LogP contribution is 2.41. The number of pyridine rings is 1. The Hall–Kier alpha value is -3.52. The zero-order valence-electron chi connectivity index (χ0n) is 17.2. The number of nitriles is 1. The van der Waals surface area contributed by atoms with Crippen molar-refractivity contribution in [3.8, 4) is 39.8 Å². The van der Waals surface area contributed by atoms with Gasteiger partial charge in [-0.1, -0.05) is 50.2 Å². The number of benzene rings is 2. The SMILES string of the molecule is COc1cc(-c2c(C#N)c(N)nc(C)c2-c2ccccc2)ccc1OCC(C)C. The van der Waals surface area contributed by atoms with E-state index in [0.29, 0.717) is 29.6 Å². The Balaban J connectivity index is 2.24. The van der Waals surface area contributed by atoms with Gasteiger partial charge in [0.05, 0.1) is 13.7 Å². The van der Waals surface area contributed by atoms with Crippen LogP contribution in [0.2, 0.25) is 0 Å². The van der Waals surface area contributed by atoms with Gasteiger partial charge in [0.25, 0.3) is 0 Å². The summed E-state index contributed by atoms with van der Waals surface area (Å²) in [4.78, 5) is 4.42. The molecule has 1 heterocycles. The van der Waals surface area contributed by atoms with Crippen LogP contribution in [0.15, 0.2) is 48.5 Å². The summed E-state index contributed by atoms with van der Waals surface area (Å²) in [6, 6.07) is 17.8. The minimum Gasteiger partial charge on any atom is -0.493 e. The molecular formula is C24H25N3O2. The van der Waals surface area contributed by atoms with Crippen molar-refractivity contribution < 1.29 is 9.47 Å². The molecule has 2 N–H and O–H groups in total. The van der Waals surface area contributed by atoms with Crippen molar-refractivity contribution in [3.63, 3.8) is 0 Å². The second kappa shape index (κ2) is 8.66. The molecule has 0 saturated heterocycles. The Kier molecular flexibility index (Phi) is 6.04. The van der Waals surface area contributed by atoms with Crippen LogP contribution in [0.5, 0.6) is 11.5 Å². The lowest BCUT2D eigenvalue weighted by Crippen LogP contribution is -2.06. The maximum Gasteiger partial charge on any atom is 0.161 e. The molecular weight excluding hydrogens is 362 g/mol. The van der Waals surface area contributed by atoms with E-state index in [0.717, 1.165) is 27.9 Å². The van der Waals surface area contributed by atoms with Crippen LogP contribution in [-0.2, 0) is 0 Å². The zero-order chi connectivity index (χ0) is 21.0. The molecule has 0 fully saturated rings. The topological polar surface area (TPSA) is 81.2 Å². The zero-order valence-corrected chi connectivity index (χ0v) is 17.2. The molecule has 5 heteroatoms. The van der Waals surface area contributed by atoms with E-state index in [9.17, 15) is 5.26 Å². The molecule has 0 atom stereocenters. The third-order valence-corrected chi connectivity index (χ3v) is 4.60. The second-order valence-corrected chi connectivity index (χ2v) is 7.26. The molecule has 0 aliphatic carbocycles. The highest BCUT2D eigenvalue weighted by molar-refractivity contribution is 5.91. The van der Waals surface area contributed by atoms with E-state index >= 15 is 0 Å². The normalized spacial score (nSPS) is 10.6. The maximum absolute atomic E-state index is 9.82. The summed E-state index contributed by atoms with van der Waals surface area (Å²) in [5.41, 5.74) is 10.7. The highest BCUT2D eigenvalue weighted by atomic mass is 16.5. The summed E-state index contributed by atoms with van der Waals surface area (Å²) in [5, 5.41) is 9.82. The van der Waals surface area contributed by atoms with E-state index in [-0.39, 0.29) is 5.82 Å². The van der Waals surface area contributed by atoms with Crippen LogP contribution in [0.4, 0.5) is 5.82 Å². The molecule has 0 bridgehead atoms. The number of nitrogens with two attached hydrogens (primary N) is 1. The Bertz CT molecular complexity index is 1050. The molecule has 0 radical (unpaired) electrons. The third-order valence-electron chi connectivity index (χ3n) is 4.60. The third kappa shape index (κ3) is 4.17. The van der Waals surface area contributed by atoms with E-state index in [4.69, 9.17) is 15.2 Å². The summed E-state index contributed by atoms with van der Waals surface area (Å²) in [6.07, 6.45) is 0. The van der Waals surface area contributed by atoms with Crippen molar-refractivity contribution in [2.24, 2.45) is 5.92 Å². The van der Waals surface area contributed by atoms with Gasteiger partial charge in [-0.25, -0.2) is 4.98 Å². The first-order valence-corrected chi connectivity index (χ1v) is 9.53. The lowest BCUT2D eigenvalue weighted by atomic mass is 9.90. The molecule has 1 aromatic heterocycles. The monoisotopic (exact) mass is 387 g/mol. The number of aromatic nitrogens is 1. The number of rotatable bonds is 6. The van der Waals surface area contributed by atoms with Gasteiger partial charge < -0.3 is 15.2 Å². The van der Waals surface area contributed by atoms with Gasteiger partial charge in [0, 0.05) is 16.8 Å². The first kappa shape index (κ1) is 20.2. The van der Waals surface area contributed by atoms with Gasteiger partial charge in [0.1, 0.15) is 17.5 Å². The van der Waals surface area contributed by atoms with E-state index in [1.165, 1.54) is 0 Å². The molecule has 0 aliphatic rings. The number of hydrogen-bond acceptors (Lipinski definition) is 5. The number of hydrogen-bond donors (Lipinski definition) is 1. The van der Waals surface area contributed by atoms with E-state index in [1.54, 1.807) is 7.11 Å². The first-order valence-electron chi connectivity index (χ1n) is 9.53. The lowest BCUT2D eigenvalue weighted by molar-refractivity contribution is 0.257. The quantitative estimate of drug-likeness (QED) is 0.627. The summed E-state index contributed by atoms with van der Waals surface area (Å²) in [5.74, 6) is 1.90. The van der Waals surface area contributed by atoms with Gasteiger partial charge in [-0.2, -0.15) is 5.26 Å². The number of anilines is 1. The standard InChI is InChI=1S/C24H25N3O2/c1-15(2)14-29-20-11-10-18(12-21(20)28-4)23-19(13-25)24(26)27-16(3)22(23)17-8-6-5-7-9-17/h5-12,15H,14H2,1-4H3,(H2,26,27). The van der Waals surface area contributed by atoms with Crippen molar-refractivity contribution in [3.05, 3.63) is 59.8 Å². The summed E-state index contributed by atoms with van der Waals surface area (Å²) >= 11 is 0. The average Bonchev–Trinajstić information content (AvgIpc) is 2.72.